The summed E-state index contributed by atoms with van der Waals surface area (Å²) in [4.78, 5) is 15.5. The van der Waals surface area contributed by atoms with Crippen LogP contribution in [-0.2, 0) is 4.74 Å². The maximum absolute atomic E-state index is 13.1. The van der Waals surface area contributed by atoms with Crippen LogP contribution < -0.4 is 5.73 Å². The normalized spacial score (nSPS) is 10.5. The standard InChI is InChI=1S/C12H11ClFN3O2/c1-2-19-12(18)10-11(15)17(6-16-10)7-3-4-9(14)8(13)5-7/h3-6H,2,15H2,1H3. The predicted octanol–water partition coefficient (Wildman–Crippen LogP) is 2.42. The number of esters is 1. The van der Waals surface area contributed by atoms with Crippen molar-refractivity contribution in [2.75, 3.05) is 12.3 Å². The maximum atomic E-state index is 13.1. The topological polar surface area (TPSA) is 70.1 Å². The van der Waals surface area contributed by atoms with Crippen molar-refractivity contribution in [2.24, 2.45) is 0 Å². The minimum absolute atomic E-state index is 0.0160. The zero-order valence-corrected chi connectivity index (χ0v) is 10.8. The highest BCUT2D eigenvalue weighted by molar-refractivity contribution is 6.30. The molecule has 1 aromatic heterocycles. The Morgan fingerprint density at radius 3 is 2.95 bits per heavy atom. The second kappa shape index (κ2) is 5.27. The number of benzene rings is 1. The lowest BCUT2D eigenvalue weighted by molar-refractivity contribution is 0.0521. The van der Waals surface area contributed by atoms with Gasteiger partial charge in [-0.25, -0.2) is 14.2 Å². The van der Waals surface area contributed by atoms with Crippen LogP contribution in [0, 0.1) is 5.82 Å². The van der Waals surface area contributed by atoms with Gasteiger partial charge in [-0.2, -0.15) is 0 Å². The van der Waals surface area contributed by atoms with Gasteiger partial charge >= 0.3 is 5.97 Å². The second-order valence-corrected chi connectivity index (χ2v) is 4.07. The number of ether oxygens (including phenoxy) is 1. The zero-order chi connectivity index (χ0) is 14.0. The lowest BCUT2D eigenvalue weighted by atomic mass is 10.3. The Morgan fingerprint density at radius 2 is 2.32 bits per heavy atom. The van der Waals surface area contributed by atoms with E-state index in [1.165, 1.54) is 29.1 Å². The maximum Gasteiger partial charge on any atom is 0.360 e. The van der Waals surface area contributed by atoms with Gasteiger partial charge < -0.3 is 10.5 Å². The van der Waals surface area contributed by atoms with Crippen molar-refractivity contribution in [3.63, 3.8) is 0 Å². The molecule has 0 atom stereocenters. The van der Waals surface area contributed by atoms with Gasteiger partial charge in [0.25, 0.3) is 0 Å². The van der Waals surface area contributed by atoms with E-state index in [0.29, 0.717) is 5.69 Å². The molecular weight excluding hydrogens is 273 g/mol. The third-order valence-electron chi connectivity index (χ3n) is 2.45. The molecule has 0 unspecified atom stereocenters. The van der Waals surface area contributed by atoms with Crippen LogP contribution in [0.4, 0.5) is 10.2 Å². The molecule has 1 aromatic carbocycles. The van der Waals surface area contributed by atoms with Crippen molar-refractivity contribution in [3.05, 3.63) is 41.1 Å². The fourth-order valence-electron chi connectivity index (χ4n) is 1.56. The molecule has 0 aliphatic heterocycles. The van der Waals surface area contributed by atoms with Crippen LogP contribution in [0.2, 0.25) is 5.02 Å². The van der Waals surface area contributed by atoms with Crippen molar-refractivity contribution in [2.45, 2.75) is 6.92 Å². The first-order valence-electron chi connectivity index (χ1n) is 5.50. The Labute approximate surface area is 113 Å². The molecule has 0 aliphatic rings. The number of nitrogens with two attached hydrogens (primary N) is 1. The SMILES string of the molecule is CCOC(=O)c1ncn(-c2ccc(F)c(Cl)c2)c1N. The summed E-state index contributed by atoms with van der Waals surface area (Å²) < 4.78 is 19.3. The number of aromatic nitrogens is 2. The summed E-state index contributed by atoms with van der Waals surface area (Å²) >= 11 is 5.69. The first kappa shape index (κ1) is 13.4. The lowest BCUT2D eigenvalue weighted by Gasteiger charge is -2.06. The Kier molecular flexibility index (Phi) is 3.71. The minimum Gasteiger partial charge on any atom is -0.461 e. The van der Waals surface area contributed by atoms with E-state index in [4.69, 9.17) is 22.1 Å². The summed E-state index contributed by atoms with van der Waals surface area (Å²) in [5.41, 5.74) is 6.34. The minimum atomic E-state index is -0.605. The van der Waals surface area contributed by atoms with Gasteiger partial charge in [-0.05, 0) is 25.1 Å². The number of nitrogens with zero attached hydrogens (tertiary/aromatic N) is 2. The summed E-state index contributed by atoms with van der Waals surface area (Å²) in [5, 5.41) is -0.0386. The monoisotopic (exact) mass is 283 g/mol. The van der Waals surface area contributed by atoms with Crippen LogP contribution in [0.3, 0.4) is 0 Å². The Balaban J connectivity index is 2.41. The van der Waals surface area contributed by atoms with Crippen LogP contribution in [0.25, 0.3) is 5.69 Å². The number of carbonyl (C=O) groups is 1. The van der Waals surface area contributed by atoms with E-state index >= 15 is 0 Å². The number of anilines is 1. The summed E-state index contributed by atoms with van der Waals surface area (Å²) in [5.74, 6) is -1.03. The molecule has 0 radical (unpaired) electrons. The summed E-state index contributed by atoms with van der Waals surface area (Å²) in [6, 6.07) is 4.08. The number of hydrogen-bond donors (Lipinski definition) is 1. The Hall–Kier alpha value is -2.08. The van der Waals surface area contributed by atoms with Crippen LogP contribution in [0.1, 0.15) is 17.4 Å². The van der Waals surface area contributed by atoms with E-state index in [1.54, 1.807) is 6.92 Å². The molecule has 0 fully saturated rings. The number of rotatable bonds is 3. The first-order valence-corrected chi connectivity index (χ1v) is 5.87. The van der Waals surface area contributed by atoms with E-state index in [2.05, 4.69) is 4.98 Å². The van der Waals surface area contributed by atoms with Crippen molar-refractivity contribution in [1.82, 2.24) is 9.55 Å². The van der Waals surface area contributed by atoms with E-state index < -0.39 is 11.8 Å². The highest BCUT2D eigenvalue weighted by atomic mass is 35.5. The average Bonchev–Trinajstić information content (AvgIpc) is 2.75. The molecule has 5 nitrogen and oxygen atoms in total. The number of halogens is 2. The highest BCUT2D eigenvalue weighted by Crippen LogP contribution is 2.22. The molecule has 19 heavy (non-hydrogen) atoms. The fourth-order valence-corrected chi connectivity index (χ4v) is 1.73. The van der Waals surface area contributed by atoms with Gasteiger partial charge in [-0.1, -0.05) is 11.6 Å². The fraction of sp³-hybridized carbons (Fsp3) is 0.167. The van der Waals surface area contributed by atoms with Gasteiger partial charge in [-0.15, -0.1) is 0 Å². The molecule has 0 aliphatic carbocycles. The number of imidazole rings is 1. The zero-order valence-electron chi connectivity index (χ0n) is 10.1. The van der Waals surface area contributed by atoms with Crippen molar-refractivity contribution in [1.29, 1.82) is 0 Å². The molecular formula is C12H11ClFN3O2. The molecule has 100 valence electrons. The van der Waals surface area contributed by atoms with Crippen molar-refractivity contribution < 1.29 is 13.9 Å². The molecule has 1 heterocycles. The van der Waals surface area contributed by atoms with E-state index in [1.807, 2.05) is 0 Å². The molecule has 2 N–H and O–H groups in total. The Bertz CT molecular complexity index is 627. The van der Waals surface area contributed by atoms with Gasteiger partial charge in [0.1, 0.15) is 18.0 Å². The first-order chi connectivity index (χ1) is 9.04. The van der Waals surface area contributed by atoms with Crippen LogP contribution >= 0.6 is 11.6 Å². The molecule has 0 spiro atoms. The quantitative estimate of drug-likeness (QED) is 0.878. The van der Waals surface area contributed by atoms with Crippen LogP contribution in [-0.4, -0.2) is 22.1 Å². The van der Waals surface area contributed by atoms with Gasteiger partial charge in [0.15, 0.2) is 5.69 Å². The van der Waals surface area contributed by atoms with Gasteiger partial charge in [0, 0.05) is 0 Å². The molecule has 0 saturated heterocycles. The van der Waals surface area contributed by atoms with Crippen molar-refractivity contribution >= 4 is 23.4 Å². The van der Waals surface area contributed by atoms with E-state index in [9.17, 15) is 9.18 Å². The molecule has 0 amide bonds. The number of nitrogen functional groups attached to an aromatic ring is 1. The Morgan fingerprint density at radius 1 is 1.58 bits per heavy atom. The van der Waals surface area contributed by atoms with Gasteiger partial charge in [-0.3, -0.25) is 4.57 Å². The summed E-state index contributed by atoms with van der Waals surface area (Å²) in [6.07, 6.45) is 1.35. The molecule has 0 bridgehead atoms. The third kappa shape index (κ3) is 2.53. The number of hydrogen-bond acceptors (Lipinski definition) is 4. The molecule has 0 saturated carbocycles. The van der Waals surface area contributed by atoms with E-state index in [0.717, 1.165) is 0 Å². The van der Waals surface area contributed by atoms with Crippen LogP contribution in [0.15, 0.2) is 24.5 Å². The predicted molar refractivity (Wildman–Crippen MR) is 68.9 cm³/mol. The lowest BCUT2D eigenvalue weighted by Crippen LogP contribution is -2.09. The van der Waals surface area contributed by atoms with Crippen molar-refractivity contribution in [3.8, 4) is 5.69 Å². The second-order valence-electron chi connectivity index (χ2n) is 3.67. The summed E-state index contributed by atoms with van der Waals surface area (Å²) in [7, 11) is 0. The smallest absolute Gasteiger partial charge is 0.360 e. The highest BCUT2D eigenvalue weighted by Gasteiger charge is 2.17. The summed E-state index contributed by atoms with van der Waals surface area (Å²) in [6.45, 7) is 1.92. The molecule has 2 aromatic rings. The van der Waals surface area contributed by atoms with Gasteiger partial charge in [0.05, 0.1) is 17.3 Å². The van der Waals surface area contributed by atoms with Crippen LogP contribution in [0.5, 0.6) is 0 Å². The third-order valence-corrected chi connectivity index (χ3v) is 2.74. The molecule has 2 rings (SSSR count). The average molecular weight is 284 g/mol. The van der Waals surface area contributed by atoms with Gasteiger partial charge in [0.2, 0.25) is 0 Å². The number of carbonyl (C=O) groups excluding carboxylic acids is 1. The van der Waals surface area contributed by atoms with E-state index in [-0.39, 0.29) is 23.1 Å². The largest absolute Gasteiger partial charge is 0.461 e. The molecule has 7 heteroatoms.